The van der Waals surface area contributed by atoms with E-state index in [1.165, 1.54) is 23.5 Å². The number of hydrogen-bond donors (Lipinski definition) is 2. The predicted molar refractivity (Wildman–Crippen MR) is 88.9 cm³/mol. The number of halogens is 2. The van der Waals surface area contributed by atoms with E-state index in [1.807, 2.05) is 13.8 Å². The molecular weight excluding hydrogens is 311 g/mol. The zero-order valence-corrected chi connectivity index (χ0v) is 13.7. The van der Waals surface area contributed by atoms with Crippen molar-refractivity contribution < 1.29 is 9.18 Å². The van der Waals surface area contributed by atoms with Crippen LogP contribution in [0.5, 0.6) is 0 Å². The lowest BCUT2D eigenvalue weighted by Crippen LogP contribution is -2.49. The van der Waals surface area contributed by atoms with Crippen LogP contribution in [0.4, 0.5) is 4.39 Å². The molecule has 0 aliphatic heterocycles. The van der Waals surface area contributed by atoms with Crippen LogP contribution in [0.1, 0.15) is 36.4 Å². The summed E-state index contributed by atoms with van der Waals surface area (Å²) in [6.07, 6.45) is 1.61. The van der Waals surface area contributed by atoms with Crippen LogP contribution in [0, 0.1) is 5.82 Å². The fourth-order valence-electron chi connectivity index (χ4n) is 1.97. The average Bonchev–Trinajstić information content (AvgIpc) is 2.87. The maximum absolute atomic E-state index is 13.1. The Morgan fingerprint density at radius 2 is 2.00 bits per heavy atom. The lowest BCUT2D eigenvalue weighted by molar-refractivity contribution is 0.0946. The second kappa shape index (κ2) is 7.20. The Labute approximate surface area is 134 Å². The molecule has 1 heterocycles. The molecule has 21 heavy (non-hydrogen) atoms. The molecule has 1 aromatic carbocycles. The van der Waals surface area contributed by atoms with E-state index in [1.54, 1.807) is 12.1 Å². The largest absolute Gasteiger partial charge is 0.349 e. The van der Waals surface area contributed by atoms with E-state index in [2.05, 4.69) is 5.32 Å². The molecule has 0 unspecified atom stereocenters. The minimum Gasteiger partial charge on any atom is -0.349 e. The molecule has 0 bridgehead atoms. The molecule has 0 aliphatic rings. The number of fused-ring (bicyclic) bond motifs is 1. The summed E-state index contributed by atoms with van der Waals surface area (Å²) in [5, 5.41) is 3.62. The molecule has 3 N–H and O–H groups in total. The van der Waals surface area contributed by atoms with Gasteiger partial charge in [-0.15, -0.1) is 23.7 Å². The van der Waals surface area contributed by atoms with Crippen molar-refractivity contribution in [2.45, 2.75) is 32.2 Å². The number of carbonyl (C=O) groups is 1. The molecular formula is C15H20ClFN2OS. The standard InChI is InChI=1S/C15H19FN2OS.ClH/c1-3-15(17,4-2)9-18-14(19)13-8-10-7-11(16)5-6-12(10)20-13;/h5-8H,3-4,9,17H2,1-2H3,(H,18,19);1H. The first-order chi connectivity index (χ1) is 9.47. The van der Waals surface area contributed by atoms with Gasteiger partial charge in [0.25, 0.3) is 5.91 Å². The fraction of sp³-hybridized carbons (Fsp3) is 0.400. The van der Waals surface area contributed by atoms with Gasteiger partial charge in [0.15, 0.2) is 0 Å². The van der Waals surface area contributed by atoms with Crippen molar-refractivity contribution in [3.8, 4) is 0 Å². The van der Waals surface area contributed by atoms with Gasteiger partial charge < -0.3 is 11.1 Å². The monoisotopic (exact) mass is 330 g/mol. The van der Waals surface area contributed by atoms with Gasteiger partial charge >= 0.3 is 0 Å². The minimum atomic E-state index is -0.363. The number of nitrogens with one attached hydrogen (secondary N) is 1. The second-order valence-electron chi connectivity index (χ2n) is 5.04. The summed E-state index contributed by atoms with van der Waals surface area (Å²) in [5.41, 5.74) is 5.79. The van der Waals surface area contributed by atoms with E-state index >= 15 is 0 Å². The summed E-state index contributed by atoms with van der Waals surface area (Å²) in [4.78, 5) is 12.7. The van der Waals surface area contributed by atoms with Gasteiger partial charge in [-0.05, 0) is 42.5 Å². The Kier molecular flexibility index (Phi) is 6.13. The number of rotatable bonds is 5. The summed E-state index contributed by atoms with van der Waals surface area (Å²) in [6, 6.07) is 6.25. The summed E-state index contributed by atoms with van der Waals surface area (Å²) in [7, 11) is 0. The molecule has 1 amide bonds. The summed E-state index contributed by atoms with van der Waals surface area (Å²) in [6.45, 7) is 4.47. The molecule has 0 radical (unpaired) electrons. The molecule has 2 aromatic rings. The number of benzene rings is 1. The number of carbonyl (C=O) groups excluding carboxylic acids is 1. The Hall–Kier alpha value is -1.17. The van der Waals surface area contributed by atoms with Crippen molar-refractivity contribution in [1.29, 1.82) is 0 Å². The van der Waals surface area contributed by atoms with Crippen molar-refractivity contribution in [3.63, 3.8) is 0 Å². The van der Waals surface area contributed by atoms with Crippen molar-refractivity contribution in [1.82, 2.24) is 5.32 Å². The average molecular weight is 331 g/mol. The lowest BCUT2D eigenvalue weighted by atomic mass is 9.94. The van der Waals surface area contributed by atoms with Crippen molar-refractivity contribution in [2.75, 3.05) is 6.54 Å². The number of thiophene rings is 1. The number of amides is 1. The summed E-state index contributed by atoms with van der Waals surface area (Å²) < 4.78 is 14.0. The molecule has 3 nitrogen and oxygen atoms in total. The Morgan fingerprint density at radius 1 is 1.33 bits per heavy atom. The van der Waals surface area contributed by atoms with Crippen molar-refractivity contribution in [3.05, 3.63) is 35.0 Å². The Morgan fingerprint density at radius 3 is 2.62 bits per heavy atom. The molecule has 2 rings (SSSR count). The molecule has 116 valence electrons. The van der Waals surface area contributed by atoms with E-state index in [-0.39, 0.29) is 29.7 Å². The van der Waals surface area contributed by atoms with E-state index in [0.29, 0.717) is 11.4 Å². The SMILES string of the molecule is CCC(N)(CC)CNC(=O)c1cc2cc(F)ccc2s1.Cl. The van der Waals surface area contributed by atoms with Crippen LogP contribution in [-0.4, -0.2) is 18.0 Å². The van der Waals surface area contributed by atoms with Crippen LogP contribution >= 0.6 is 23.7 Å². The third-order valence-electron chi connectivity index (χ3n) is 3.71. The second-order valence-corrected chi connectivity index (χ2v) is 6.13. The highest BCUT2D eigenvalue weighted by Crippen LogP contribution is 2.26. The molecule has 0 saturated heterocycles. The van der Waals surface area contributed by atoms with Gasteiger partial charge in [-0.1, -0.05) is 13.8 Å². The van der Waals surface area contributed by atoms with Gasteiger partial charge in [0, 0.05) is 16.8 Å². The highest BCUT2D eigenvalue weighted by Gasteiger charge is 2.21. The molecule has 0 fully saturated rings. The third kappa shape index (κ3) is 4.15. The van der Waals surface area contributed by atoms with Gasteiger partial charge in [0.2, 0.25) is 0 Å². The quantitative estimate of drug-likeness (QED) is 0.878. The van der Waals surface area contributed by atoms with Crippen molar-refractivity contribution >= 4 is 39.7 Å². The van der Waals surface area contributed by atoms with E-state index in [9.17, 15) is 9.18 Å². The van der Waals surface area contributed by atoms with Crippen LogP contribution in [0.2, 0.25) is 0 Å². The predicted octanol–water partition coefficient (Wildman–Crippen LogP) is 3.71. The van der Waals surface area contributed by atoms with E-state index in [0.717, 1.165) is 22.9 Å². The number of nitrogens with two attached hydrogens (primary N) is 1. The molecule has 0 atom stereocenters. The van der Waals surface area contributed by atoms with Gasteiger partial charge in [-0.3, -0.25) is 4.79 Å². The van der Waals surface area contributed by atoms with Gasteiger partial charge in [-0.25, -0.2) is 4.39 Å². The van der Waals surface area contributed by atoms with E-state index < -0.39 is 0 Å². The van der Waals surface area contributed by atoms with Crippen LogP contribution in [0.15, 0.2) is 24.3 Å². The molecule has 0 aliphatic carbocycles. The van der Waals surface area contributed by atoms with Crippen LogP contribution in [0.3, 0.4) is 0 Å². The first-order valence-electron chi connectivity index (χ1n) is 6.73. The zero-order chi connectivity index (χ0) is 14.8. The fourth-order valence-corrected chi connectivity index (χ4v) is 2.93. The summed E-state index contributed by atoms with van der Waals surface area (Å²) in [5.74, 6) is -0.441. The van der Waals surface area contributed by atoms with Crippen LogP contribution < -0.4 is 11.1 Å². The van der Waals surface area contributed by atoms with Gasteiger partial charge in [0.05, 0.1) is 4.88 Å². The third-order valence-corrected chi connectivity index (χ3v) is 4.83. The first kappa shape index (κ1) is 17.9. The topological polar surface area (TPSA) is 55.1 Å². The maximum Gasteiger partial charge on any atom is 0.261 e. The highest BCUT2D eigenvalue weighted by atomic mass is 35.5. The molecule has 0 saturated carbocycles. The lowest BCUT2D eigenvalue weighted by Gasteiger charge is -2.26. The molecule has 1 aromatic heterocycles. The summed E-state index contributed by atoms with van der Waals surface area (Å²) >= 11 is 1.36. The zero-order valence-electron chi connectivity index (χ0n) is 12.1. The normalized spacial score (nSPS) is 11.2. The van der Waals surface area contributed by atoms with Gasteiger partial charge in [-0.2, -0.15) is 0 Å². The number of hydrogen-bond acceptors (Lipinski definition) is 3. The maximum atomic E-state index is 13.1. The Balaban J connectivity index is 0.00000220. The Bertz CT molecular complexity index is 625. The smallest absolute Gasteiger partial charge is 0.261 e. The van der Waals surface area contributed by atoms with Crippen LogP contribution in [0.25, 0.3) is 10.1 Å². The van der Waals surface area contributed by atoms with Crippen molar-refractivity contribution in [2.24, 2.45) is 5.73 Å². The molecule has 6 heteroatoms. The van der Waals surface area contributed by atoms with Crippen LogP contribution in [-0.2, 0) is 0 Å². The first-order valence-corrected chi connectivity index (χ1v) is 7.55. The minimum absolute atomic E-state index is 0. The van der Waals surface area contributed by atoms with E-state index in [4.69, 9.17) is 5.73 Å². The molecule has 0 spiro atoms. The van der Waals surface area contributed by atoms with Gasteiger partial charge in [0.1, 0.15) is 5.82 Å². The highest BCUT2D eigenvalue weighted by molar-refractivity contribution is 7.20.